The Kier molecular flexibility index (Phi) is 8.21. The van der Waals surface area contributed by atoms with Gasteiger partial charge in [0, 0.05) is 11.9 Å². The minimum absolute atomic E-state index is 0.179. The van der Waals surface area contributed by atoms with Crippen LogP contribution in [-0.2, 0) is 16.0 Å². The maximum absolute atomic E-state index is 12.1. The molecule has 1 amide bonds. The van der Waals surface area contributed by atoms with Crippen LogP contribution in [0.3, 0.4) is 0 Å². The molecular formula is C19H25N3O3. The van der Waals surface area contributed by atoms with Gasteiger partial charge in [0.2, 0.25) is 0 Å². The van der Waals surface area contributed by atoms with Crippen LogP contribution in [0.25, 0.3) is 0 Å². The van der Waals surface area contributed by atoms with Crippen molar-refractivity contribution in [1.82, 2.24) is 5.32 Å². The number of rotatable bonds is 9. The first kappa shape index (κ1) is 20.2. The molecule has 0 saturated carbocycles. The number of benzene rings is 1. The molecule has 0 spiro atoms. The van der Waals surface area contributed by atoms with Crippen LogP contribution in [0.2, 0.25) is 0 Å². The molecule has 0 aliphatic carbocycles. The van der Waals surface area contributed by atoms with Gasteiger partial charge in [0.15, 0.2) is 0 Å². The van der Waals surface area contributed by atoms with Gasteiger partial charge in [-0.15, -0.1) is 0 Å². The molecule has 0 fully saturated rings. The zero-order valence-corrected chi connectivity index (χ0v) is 14.9. The summed E-state index contributed by atoms with van der Waals surface area (Å²) >= 11 is 0. The van der Waals surface area contributed by atoms with Crippen LogP contribution in [0, 0.1) is 17.2 Å². The van der Waals surface area contributed by atoms with Crippen molar-refractivity contribution in [2.75, 3.05) is 5.32 Å². The Labute approximate surface area is 148 Å². The van der Waals surface area contributed by atoms with Crippen LogP contribution in [0.4, 0.5) is 5.69 Å². The molecule has 0 saturated heterocycles. The van der Waals surface area contributed by atoms with Gasteiger partial charge in [0.05, 0.1) is 0 Å². The van der Waals surface area contributed by atoms with Gasteiger partial charge in [-0.3, -0.25) is 4.79 Å². The zero-order chi connectivity index (χ0) is 18.8. The van der Waals surface area contributed by atoms with E-state index >= 15 is 0 Å². The lowest BCUT2D eigenvalue weighted by Crippen LogP contribution is -2.44. The molecule has 1 aromatic rings. The van der Waals surface area contributed by atoms with Crippen LogP contribution < -0.4 is 10.6 Å². The molecule has 1 rings (SSSR count). The van der Waals surface area contributed by atoms with E-state index in [-0.39, 0.29) is 11.5 Å². The van der Waals surface area contributed by atoms with E-state index in [4.69, 9.17) is 10.4 Å². The van der Waals surface area contributed by atoms with Gasteiger partial charge in [-0.05, 0) is 36.5 Å². The summed E-state index contributed by atoms with van der Waals surface area (Å²) in [6.07, 6.45) is 4.57. The Morgan fingerprint density at radius 2 is 1.92 bits per heavy atom. The first-order chi connectivity index (χ1) is 11.9. The number of carbonyl (C=O) groups excluding carboxylic acids is 1. The molecule has 1 aromatic carbocycles. The Morgan fingerprint density at radius 1 is 1.28 bits per heavy atom. The third-order valence-corrected chi connectivity index (χ3v) is 3.74. The van der Waals surface area contributed by atoms with Gasteiger partial charge in [-0.2, -0.15) is 5.26 Å². The number of amides is 1. The van der Waals surface area contributed by atoms with E-state index in [9.17, 15) is 9.59 Å². The average molecular weight is 343 g/mol. The predicted molar refractivity (Wildman–Crippen MR) is 96.8 cm³/mol. The third-order valence-electron chi connectivity index (χ3n) is 3.74. The minimum atomic E-state index is -1.13. The number of aryl methyl sites for hydroxylation is 1. The molecule has 1 unspecified atom stereocenters. The molecule has 0 aliphatic rings. The van der Waals surface area contributed by atoms with Gasteiger partial charge in [0.25, 0.3) is 5.91 Å². The standard InChI is InChI=1S/C19H25N3O3/c1-4-5-6-14-7-9-16(10-8-14)21-12-15(11-20)18(23)22-17(13(2)3)19(24)25/h7-10,12-13,17,21H,4-6H2,1-3H3,(H,22,23)(H,24,25)/b15-12-. The smallest absolute Gasteiger partial charge is 0.326 e. The molecule has 1 atom stereocenters. The number of carboxylic acids is 1. The van der Waals surface area contributed by atoms with Gasteiger partial charge in [0.1, 0.15) is 17.7 Å². The fraction of sp³-hybridized carbons (Fsp3) is 0.421. The highest BCUT2D eigenvalue weighted by Crippen LogP contribution is 2.12. The number of anilines is 1. The molecule has 25 heavy (non-hydrogen) atoms. The van der Waals surface area contributed by atoms with E-state index in [1.165, 1.54) is 11.8 Å². The van der Waals surface area contributed by atoms with Crippen LogP contribution in [0.1, 0.15) is 39.2 Å². The number of nitrogens with zero attached hydrogens (tertiary/aromatic N) is 1. The van der Waals surface area contributed by atoms with Crippen molar-refractivity contribution in [3.05, 3.63) is 41.6 Å². The summed E-state index contributed by atoms with van der Waals surface area (Å²) in [5.74, 6) is -2.13. The highest BCUT2D eigenvalue weighted by atomic mass is 16.4. The quantitative estimate of drug-likeness (QED) is 0.472. The minimum Gasteiger partial charge on any atom is -0.480 e. The van der Waals surface area contributed by atoms with E-state index in [2.05, 4.69) is 17.6 Å². The predicted octanol–water partition coefficient (Wildman–Crippen LogP) is 3.07. The summed E-state index contributed by atoms with van der Waals surface area (Å²) in [5.41, 5.74) is 1.80. The van der Waals surface area contributed by atoms with Crippen LogP contribution >= 0.6 is 0 Å². The normalized spacial score (nSPS) is 12.4. The summed E-state index contributed by atoms with van der Waals surface area (Å²) in [6, 6.07) is 8.50. The number of carbonyl (C=O) groups is 2. The van der Waals surface area contributed by atoms with Crippen molar-refractivity contribution in [3.8, 4) is 6.07 Å². The van der Waals surface area contributed by atoms with Crippen molar-refractivity contribution >= 4 is 17.6 Å². The summed E-state index contributed by atoms with van der Waals surface area (Å²) in [6.45, 7) is 5.52. The number of nitriles is 1. The van der Waals surface area contributed by atoms with Gasteiger partial charge >= 0.3 is 5.97 Å². The van der Waals surface area contributed by atoms with E-state index in [0.29, 0.717) is 0 Å². The summed E-state index contributed by atoms with van der Waals surface area (Å²) < 4.78 is 0. The molecule has 6 heteroatoms. The molecule has 3 N–H and O–H groups in total. The fourth-order valence-electron chi connectivity index (χ4n) is 2.19. The van der Waals surface area contributed by atoms with E-state index in [1.54, 1.807) is 19.9 Å². The van der Waals surface area contributed by atoms with Crippen molar-refractivity contribution in [3.63, 3.8) is 0 Å². The van der Waals surface area contributed by atoms with E-state index in [0.717, 1.165) is 24.9 Å². The zero-order valence-electron chi connectivity index (χ0n) is 14.9. The Bertz CT molecular complexity index is 657. The van der Waals surface area contributed by atoms with E-state index < -0.39 is 17.9 Å². The van der Waals surface area contributed by atoms with Crippen LogP contribution in [0.15, 0.2) is 36.0 Å². The number of aliphatic carboxylic acids is 1. The Hall–Kier alpha value is -2.81. The second-order valence-corrected chi connectivity index (χ2v) is 6.15. The Balaban J connectivity index is 2.74. The second kappa shape index (κ2) is 10.1. The first-order valence-electron chi connectivity index (χ1n) is 8.38. The molecular weight excluding hydrogens is 318 g/mol. The van der Waals surface area contributed by atoms with Crippen molar-refractivity contribution < 1.29 is 14.7 Å². The lowest BCUT2D eigenvalue weighted by molar-refractivity contribution is -0.142. The van der Waals surface area contributed by atoms with Crippen molar-refractivity contribution in [1.29, 1.82) is 5.26 Å². The highest BCUT2D eigenvalue weighted by Gasteiger charge is 2.24. The second-order valence-electron chi connectivity index (χ2n) is 6.15. The molecule has 0 aromatic heterocycles. The number of nitrogens with one attached hydrogen (secondary N) is 2. The molecule has 0 heterocycles. The first-order valence-corrected chi connectivity index (χ1v) is 8.38. The molecule has 6 nitrogen and oxygen atoms in total. The molecule has 0 bridgehead atoms. The number of hydrogen-bond acceptors (Lipinski definition) is 4. The maximum Gasteiger partial charge on any atom is 0.326 e. The van der Waals surface area contributed by atoms with Gasteiger partial charge in [-0.1, -0.05) is 39.3 Å². The van der Waals surface area contributed by atoms with Crippen LogP contribution in [0.5, 0.6) is 0 Å². The topological polar surface area (TPSA) is 102 Å². The van der Waals surface area contributed by atoms with Crippen molar-refractivity contribution in [2.45, 2.75) is 46.1 Å². The summed E-state index contributed by atoms with van der Waals surface area (Å²) in [5, 5.41) is 23.5. The molecule has 0 radical (unpaired) electrons. The lowest BCUT2D eigenvalue weighted by atomic mass is 10.0. The molecule has 0 aliphatic heterocycles. The lowest BCUT2D eigenvalue weighted by Gasteiger charge is -2.17. The summed E-state index contributed by atoms with van der Waals surface area (Å²) in [7, 11) is 0. The monoisotopic (exact) mass is 343 g/mol. The molecule has 134 valence electrons. The maximum atomic E-state index is 12.1. The largest absolute Gasteiger partial charge is 0.480 e. The SMILES string of the molecule is CCCCc1ccc(N/C=C(/C#N)C(=O)NC(C(=O)O)C(C)C)cc1. The third kappa shape index (κ3) is 6.68. The van der Waals surface area contributed by atoms with Gasteiger partial charge < -0.3 is 15.7 Å². The summed E-state index contributed by atoms with van der Waals surface area (Å²) in [4.78, 5) is 23.2. The number of unbranched alkanes of at least 4 members (excludes halogenated alkanes) is 1. The average Bonchev–Trinajstić information content (AvgIpc) is 2.58. The number of carboxylic acid groups (broad SMARTS) is 1. The van der Waals surface area contributed by atoms with Crippen molar-refractivity contribution in [2.24, 2.45) is 5.92 Å². The van der Waals surface area contributed by atoms with Gasteiger partial charge in [-0.25, -0.2) is 4.79 Å². The Morgan fingerprint density at radius 3 is 2.40 bits per heavy atom. The highest BCUT2D eigenvalue weighted by molar-refractivity contribution is 5.99. The van der Waals surface area contributed by atoms with E-state index in [1.807, 2.05) is 24.3 Å². The van der Waals surface area contributed by atoms with Crippen LogP contribution in [-0.4, -0.2) is 23.0 Å². The number of hydrogen-bond donors (Lipinski definition) is 3. The fourth-order valence-corrected chi connectivity index (χ4v) is 2.19.